The standard InChI is InChI=1S/C17H29N3O2/c1-12(2)9-20-14(4)16(13(3)18-20)8-17(22)19-7-5-6-15(10-19)11-21/h12,15,21H,5-11H2,1-4H3. The van der Waals surface area contributed by atoms with E-state index < -0.39 is 0 Å². The molecule has 124 valence electrons. The average Bonchev–Trinajstić information content (AvgIpc) is 2.74. The third kappa shape index (κ3) is 3.88. The number of aromatic nitrogens is 2. The Labute approximate surface area is 133 Å². The number of hydrogen-bond acceptors (Lipinski definition) is 3. The van der Waals surface area contributed by atoms with Crippen molar-refractivity contribution >= 4 is 5.91 Å². The molecule has 1 N–H and O–H groups in total. The Bertz CT molecular complexity index is 522. The number of piperidine rings is 1. The van der Waals surface area contributed by atoms with Crippen molar-refractivity contribution in [1.29, 1.82) is 0 Å². The Morgan fingerprint density at radius 2 is 2.14 bits per heavy atom. The molecule has 2 heterocycles. The van der Waals surface area contributed by atoms with Crippen LogP contribution in [0.2, 0.25) is 0 Å². The van der Waals surface area contributed by atoms with E-state index in [1.54, 1.807) is 0 Å². The Hall–Kier alpha value is -1.36. The van der Waals surface area contributed by atoms with Crippen molar-refractivity contribution in [3.63, 3.8) is 0 Å². The van der Waals surface area contributed by atoms with Gasteiger partial charge in [-0.05, 0) is 38.5 Å². The summed E-state index contributed by atoms with van der Waals surface area (Å²) in [5, 5.41) is 13.9. The predicted octanol–water partition coefficient (Wildman–Crippen LogP) is 1.93. The first kappa shape index (κ1) is 17.0. The van der Waals surface area contributed by atoms with Gasteiger partial charge in [-0.3, -0.25) is 9.48 Å². The lowest BCUT2D eigenvalue weighted by atomic mass is 9.98. The van der Waals surface area contributed by atoms with Crippen LogP contribution in [0.4, 0.5) is 0 Å². The lowest BCUT2D eigenvalue weighted by Gasteiger charge is -2.32. The Morgan fingerprint density at radius 1 is 1.41 bits per heavy atom. The highest BCUT2D eigenvalue weighted by Gasteiger charge is 2.25. The van der Waals surface area contributed by atoms with Crippen molar-refractivity contribution < 1.29 is 9.90 Å². The van der Waals surface area contributed by atoms with Gasteiger partial charge in [0.1, 0.15) is 0 Å². The van der Waals surface area contributed by atoms with Gasteiger partial charge in [0.25, 0.3) is 0 Å². The van der Waals surface area contributed by atoms with Gasteiger partial charge in [0.15, 0.2) is 0 Å². The van der Waals surface area contributed by atoms with Crippen molar-refractivity contribution in [1.82, 2.24) is 14.7 Å². The number of aryl methyl sites for hydroxylation is 1. The molecule has 1 aliphatic rings. The van der Waals surface area contributed by atoms with E-state index in [9.17, 15) is 9.90 Å². The molecule has 5 heteroatoms. The van der Waals surface area contributed by atoms with Crippen molar-refractivity contribution in [2.45, 2.75) is 53.5 Å². The van der Waals surface area contributed by atoms with Crippen LogP contribution >= 0.6 is 0 Å². The van der Waals surface area contributed by atoms with E-state index in [0.29, 0.717) is 18.9 Å². The molecule has 1 atom stereocenters. The zero-order valence-electron chi connectivity index (χ0n) is 14.3. The van der Waals surface area contributed by atoms with Gasteiger partial charge in [0.05, 0.1) is 12.1 Å². The van der Waals surface area contributed by atoms with Crippen LogP contribution in [0.25, 0.3) is 0 Å². The van der Waals surface area contributed by atoms with Crippen LogP contribution in [0.1, 0.15) is 43.6 Å². The minimum Gasteiger partial charge on any atom is -0.396 e. The van der Waals surface area contributed by atoms with Crippen molar-refractivity contribution in [3.05, 3.63) is 17.0 Å². The largest absolute Gasteiger partial charge is 0.396 e. The third-order valence-corrected chi connectivity index (χ3v) is 4.53. The Balaban J connectivity index is 2.06. The number of carbonyl (C=O) groups excluding carboxylic acids is 1. The topological polar surface area (TPSA) is 58.4 Å². The van der Waals surface area contributed by atoms with E-state index in [4.69, 9.17) is 0 Å². The Kier molecular flexibility index (Phi) is 5.62. The molecule has 0 aromatic carbocycles. The monoisotopic (exact) mass is 307 g/mol. The number of nitrogens with zero attached hydrogens (tertiary/aromatic N) is 3. The molecule has 1 aromatic heterocycles. The maximum absolute atomic E-state index is 12.6. The van der Waals surface area contributed by atoms with Crippen molar-refractivity contribution in [2.24, 2.45) is 11.8 Å². The molecule has 1 aliphatic heterocycles. The van der Waals surface area contributed by atoms with Crippen LogP contribution in [0.15, 0.2) is 0 Å². The molecule has 22 heavy (non-hydrogen) atoms. The highest BCUT2D eigenvalue weighted by molar-refractivity contribution is 5.79. The van der Waals surface area contributed by atoms with E-state index in [0.717, 1.165) is 42.9 Å². The molecule has 0 bridgehead atoms. The molecule has 1 saturated heterocycles. The molecule has 2 rings (SSSR count). The SMILES string of the molecule is Cc1nn(CC(C)C)c(C)c1CC(=O)N1CCCC(CO)C1. The lowest BCUT2D eigenvalue weighted by molar-refractivity contribution is -0.132. The fraction of sp³-hybridized carbons (Fsp3) is 0.765. The number of likely N-dealkylation sites (tertiary alicyclic amines) is 1. The molecule has 1 unspecified atom stereocenters. The second-order valence-corrected chi connectivity index (χ2v) is 6.93. The molecule has 0 radical (unpaired) electrons. The minimum absolute atomic E-state index is 0.161. The molecular formula is C17H29N3O2. The number of carbonyl (C=O) groups is 1. The molecule has 1 amide bonds. The van der Waals surface area contributed by atoms with Crippen LogP contribution in [0.5, 0.6) is 0 Å². The predicted molar refractivity (Wildman–Crippen MR) is 86.6 cm³/mol. The summed E-state index contributed by atoms with van der Waals surface area (Å²) < 4.78 is 2.02. The molecule has 5 nitrogen and oxygen atoms in total. The van der Waals surface area contributed by atoms with E-state index in [1.165, 1.54) is 0 Å². The van der Waals surface area contributed by atoms with Crippen molar-refractivity contribution in [3.8, 4) is 0 Å². The number of amides is 1. The van der Waals surface area contributed by atoms with Crippen LogP contribution in [-0.4, -0.2) is 45.4 Å². The van der Waals surface area contributed by atoms with Gasteiger partial charge in [-0.15, -0.1) is 0 Å². The summed E-state index contributed by atoms with van der Waals surface area (Å²) in [6.07, 6.45) is 2.43. The highest BCUT2D eigenvalue weighted by Crippen LogP contribution is 2.20. The normalized spacial score (nSPS) is 19.0. The van der Waals surface area contributed by atoms with Crippen LogP contribution in [-0.2, 0) is 17.8 Å². The third-order valence-electron chi connectivity index (χ3n) is 4.53. The maximum Gasteiger partial charge on any atom is 0.227 e. The summed E-state index contributed by atoms with van der Waals surface area (Å²) in [4.78, 5) is 14.5. The number of aliphatic hydroxyl groups is 1. The van der Waals surface area contributed by atoms with Gasteiger partial charge in [-0.2, -0.15) is 5.10 Å². The fourth-order valence-corrected chi connectivity index (χ4v) is 3.22. The van der Waals surface area contributed by atoms with Crippen LogP contribution in [0.3, 0.4) is 0 Å². The molecular weight excluding hydrogens is 278 g/mol. The average molecular weight is 307 g/mol. The second-order valence-electron chi connectivity index (χ2n) is 6.93. The van der Waals surface area contributed by atoms with Gasteiger partial charge < -0.3 is 10.0 Å². The quantitative estimate of drug-likeness (QED) is 0.904. The number of hydrogen-bond donors (Lipinski definition) is 1. The molecule has 0 saturated carbocycles. The first-order valence-corrected chi connectivity index (χ1v) is 8.33. The molecule has 1 fully saturated rings. The van der Waals surface area contributed by atoms with E-state index in [-0.39, 0.29) is 18.4 Å². The van der Waals surface area contributed by atoms with Gasteiger partial charge in [-0.25, -0.2) is 0 Å². The summed E-state index contributed by atoms with van der Waals surface area (Å²) in [6.45, 7) is 10.9. The summed E-state index contributed by atoms with van der Waals surface area (Å²) in [6, 6.07) is 0. The van der Waals surface area contributed by atoms with Crippen molar-refractivity contribution in [2.75, 3.05) is 19.7 Å². The maximum atomic E-state index is 12.6. The number of aliphatic hydroxyl groups excluding tert-OH is 1. The van der Waals surface area contributed by atoms with Gasteiger partial charge in [0, 0.05) is 37.5 Å². The van der Waals surface area contributed by atoms with Crippen LogP contribution in [0, 0.1) is 25.7 Å². The van der Waals surface area contributed by atoms with Gasteiger partial charge in [0.2, 0.25) is 5.91 Å². The van der Waals surface area contributed by atoms with Gasteiger partial charge >= 0.3 is 0 Å². The summed E-state index contributed by atoms with van der Waals surface area (Å²) in [7, 11) is 0. The van der Waals surface area contributed by atoms with Gasteiger partial charge in [-0.1, -0.05) is 13.8 Å². The van der Waals surface area contributed by atoms with E-state index >= 15 is 0 Å². The Morgan fingerprint density at radius 3 is 2.77 bits per heavy atom. The lowest BCUT2D eigenvalue weighted by Crippen LogP contribution is -2.41. The zero-order valence-corrected chi connectivity index (χ0v) is 14.3. The molecule has 0 spiro atoms. The zero-order chi connectivity index (χ0) is 16.3. The van der Waals surface area contributed by atoms with E-state index in [1.807, 2.05) is 16.5 Å². The minimum atomic E-state index is 0.161. The number of rotatable bonds is 5. The van der Waals surface area contributed by atoms with Crippen LogP contribution < -0.4 is 0 Å². The summed E-state index contributed by atoms with van der Waals surface area (Å²) >= 11 is 0. The molecule has 0 aliphatic carbocycles. The highest BCUT2D eigenvalue weighted by atomic mass is 16.3. The smallest absolute Gasteiger partial charge is 0.227 e. The summed E-state index contributed by atoms with van der Waals surface area (Å²) in [5.74, 6) is 0.936. The fourth-order valence-electron chi connectivity index (χ4n) is 3.22. The first-order chi connectivity index (χ1) is 10.4. The first-order valence-electron chi connectivity index (χ1n) is 8.33. The molecule has 1 aromatic rings. The van der Waals surface area contributed by atoms with E-state index in [2.05, 4.69) is 25.9 Å². The second kappa shape index (κ2) is 7.27. The summed E-state index contributed by atoms with van der Waals surface area (Å²) in [5.41, 5.74) is 3.13.